The van der Waals surface area contributed by atoms with Crippen LogP contribution in [-0.4, -0.2) is 10.9 Å². The Morgan fingerprint density at radius 2 is 1.74 bits per heavy atom. The molecular weight excluding hydrogens is 265 g/mol. The van der Waals surface area contributed by atoms with Gasteiger partial charge in [0.15, 0.2) is 6.29 Å². The molecule has 0 bridgehead atoms. The molecule has 0 saturated carbocycles. The smallest absolute Gasteiger partial charge is 0.153 e. The molecule has 2 aromatic carbocycles. The topological polar surface area (TPSA) is 22.0 Å². The van der Waals surface area contributed by atoms with Crippen LogP contribution < -0.4 is 0 Å². The van der Waals surface area contributed by atoms with Crippen LogP contribution in [-0.2, 0) is 0 Å². The number of fused-ring (bicyclic) bond motifs is 1. The van der Waals surface area contributed by atoms with Crippen LogP contribution in [0.15, 0.2) is 48.5 Å². The van der Waals surface area contributed by atoms with E-state index in [0.717, 1.165) is 22.9 Å². The average molecular weight is 274 g/mol. The first-order chi connectivity index (χ1) is 9.22. The largest absolute Gasteiger partial charge is 0.300 e. The molecule has 0 aliphatic rings. The second-order valence-electron chi connectivity index (χ2n) is 4.15. The van der Waals surface area contributed by atoms with Crippen LogP contribution in [0.25, 0.3) is 16.6 Å². The zero-order chi connectivity index (χ0) is 13.4. The third-order valence-electron chi connectivity index (χ3n) is 3.06. The third-order valence-corrected chi connectivity index (χ3v) is 3.43. The minimum atomic E-state index is -0.313. The van der Waals surface area contributed by atoms with E-state index in [1.54, 1.807) is 16.7 Å². The summed E-state index contributed by atoms with van der Waals surface area (Å²) in [5, 5.41) is 1.12. The van der Waals surface area contributed by atoms with Gasteiger partial charge in [-0.1, -0.05) is 29.8 Å². The van der Waals surface area contributed by atoms with Crippen molar-refractivity contribution in [1.82, 2.24) is 4.57 Å². The number of rotatable bonds is 2. The number of benzene rings is 2. The first-order valence-electron chi connectivity index (χ1n) is 5.72. The third kappa shape index (κ3) is 1.83. The van der Waals surface area contributed by atoms with Gasteiger partial charge in [0.05, 0.1) is 11.1 Å². The predicted octanol–water partition coefficient (Wildman–Crippen LogP) is 4.24. The van der Waals surface area contributed by atoms with Crippen LogP contribution in [0, 0.1) is 5.82 Å². The lowest BCUT2D eigenvalue weighted by atomic mass is 10.2. The van der Waals surface area contributed by atoms with Gasteiger partial charge in [0, 0.05) is 11.1 Å². The Morgan fingerprint density at radius 3 is 2.42 bits per heavy atom. The molecule has 0 radical (unpaired) electrons. The van der Waals surface area contributed by atoms with Crippen molar-refractivity contribution in [1.29, 1.82) is 0 Å². The molecule has 0 spiro atoms. The van der Waals surface area contributed by atoms with Crippen molar-refractivity contribution >= 4 is 28.8 Å². The summed E-state index contributed by atoms with van der Waals surface area (Å²) in [6.07, 6.45) is 0.741. The Hall–Kier alpha value is -2.13. The summed E-state index contributed by atoms with van der Waals surface area (Å²) in [4.78, 5) is 11.2. The zero-order valence-corrected chi connectivity index (χ0v) is 10.6. The van der Waals surface area contributed by atoms with Crippen LogP contribution in [0.2, 0.25) is 5.15 Å². The van der Waals surface area contributed by atoms with Crippen molar-refractivity contribution in [3.63, 3.8) is 0 Å². The van der Waals surface area contributed by atoms with Crippen LogP contribution in [0.4, 0.5) is 4.39 Å². The highest BCUT2D eigenvalue weighted by molar-refractivity contribution is 6.34. The number of nitrogens with zero attached hydrogens (tertiary/aromatic N) is 1. The quantitative estimate of drug-likeness (QED) is 0.640. The van der Waals surface area contributed by atoms with Gasteiger partial charge in [0.25, 0.3) is 0 Å². The predicted molar refractivity (Wildman–Crippen MR) is 73.6 cm³/mol. The number of carbonyl (C=O) groups is 1. The number of aromatic nitrogens is 1. The summed E-state index contributed by atoms with van der Waals surface area (Å²) in [6.45, 7) is 0. The lowest BCUT2D eigenvalue weighted by Gasteiger charge is -2.06. The van der Waals surface area contributed by atoms with Crippen molar-refractivity contribution in [3.05, 3.63) is 65.1 Å². The zero-order valence-electron chi connectivity index (χ0n) is 9.81. The van der Waals surface area contributed by atoms with Crippen molar-refractivity contribution in [2.75, 3.05) is 0 Å². The molecule has 1 heterocycles. The second-order valence-corrected chi connectivity index (χ2v) is 4.51. The monoisotopic (exact) mass is 273 g/mol. The molecular formula is C15H9ClFNO. The molecule has 2 nitrogen and oxygen atoms in total. The molecule has 0 aliphatic heterocycles. The Labute approximate surface area is 114 Å². The average Bonchev–Trinajstić information content (AvgIpc) is 2.71. The van der Waals surface area contributed by atoms with E-state index in [9.17, 15) is 9.18 Å². The summed E-state index contributed by atoms with van der Waals surface area (Å²) < 4.78 is 14.7. The molecule has 4 heteroatoms. The minimum absolute atomic E-state index is 0.313. The summed E-state index contributed by atoms with van der Waals surface area (Å²) in [7, 11) is 0. The molecule has 0 unspecified atom stereocenters. The minimum Gasteiger partial charge on any atom is -0.300 e. The Bertz CT molecular complexity index is 762. The maximum Gasteiger partial charge on any atom is 0.153 e. The van der Waals surface area contributed by atoms with E-state index in [1.807, 2.05) is 24.3 Å². The Morgan fingerprint density at radius 1 is 1.05 bits per heavy atom. The lowest BCUT2D eigenvalue weighted by molar-refractivity contribution is 0.112. The number of aldehydes is 1. The first kappa shape index (κ1) is 11.9. The summed E-state index contributed by atoms with van der Waals surface area (Å²) >= 11 is 6.26. The second kappa shape index (κ2) is 4.52. The number of hydrogen-bond acceptors (Lipinski definition) is 1. The number of carbonyl (C=O) groups excluding carboxylic acids is 1. The van der Waals surface area contributed by atoms with Crippen LogP contribution in [0.3, 0.4) is 0 Å². The fourth-order valence-electron chi connectivity index (χ4n) is 2.19. The van der Waals surface area contributed by atoms with E-state index in [2.05, 4.69) is 0 Å². The van der Waals surface area contributed by atoms with Crippen molar-refractivity contribution in [3.8, 4) is 5.69 Å². The molecule has 94 valence electrons. The summed E-state index contributed by atoms with van der Waals surface area (Å²) in [6, 6.07) is 13.4. The van der Waals surface area contributed by atoms with E-state index < -0.39 is 0 Å². The summed E-state index contributed by atoms with van der Waals surface area (Å²) in [5.74, 6) is -0.313. The van der Waals surface area contributed by atoms with Crippen LogP contribution in [0.5, 0.6) is 0 Å². The molecule has 0 N–H and O–H groups in total. The number of hydrogen-bond donors (Lipinski definition) is 0. The van der Waals surface area contributed by atoms with Gasteiger partial charge in [0.2, 0.25) is 0 Å². The molecule has 19 heavy (non-hydrogen) atoms. The fraction of sp³-hybridized carbons (Fsp3) is 0. The van der Waals surface area contributed by atoms with Gasteiger partial charge in [-0.3, -0.25) is 9.36 Å². The molecule has 1 aromatic heterocycles. The van der Waals surface area contributed by atoms with Gasteiger partial charge in [-0.25, -0.2) is 4.39 Å². The summed E-state index contributed by atoms with van der Waals surface area (Å²) in [5.41, 5.74) is 1.98. The molecule has 0 saturated heterocycles. The van der Waals surface area contributed by atoms with Gasteiger partial charge in [-0.15, -0.1) is 0 Å². The highest BCUT2D eigenvalue weighted by Crippen LogP contribution is 2.31. The van der Waals surface area contributed by atoms with Gasteiger partial charge in [-0.05, 0) is 30.3 Å². The maximum absolute atomic E-state index is 13.0. The maximum atomic E-state index is 13.0. The number of halogens is 2. The molecule has 3 rings (SSSR count). The van der Waals surface area contributed by atoms with E-state index in [0.29, 0.717) is 10.7 Å². The first-order valence-corrected chi connectivity index (χ1v) is 6.10. The SMILES string of the molecule is O=Cc1c(Cl)n(-c2ccc(F)cc2)c2ccccc12. The van der Waals surface area contributed by atoms with Crippen LogP contribution in [0.1, 0.15) is 10.4 Å². The molecule has 0 amide bonds. The molecule has 0 atom stereocenters. The van der Waals surface area contributed by atoms with E-state index in [-0.39, 0.29) is 5.82 Å². The molecule has 3 aromatic rings. The van der Waals surface area contributed by atoms with Crippen LogP contribution >= 0.6 is 11.6 Å². The highest BCUT2D eigenvalue weighted by atomic mass is 35.5. The van der Waals surface area contributed by atoms with E-state index in [4.69, 9.17) is 11.6 Å². The number of para-hydroxylation sites is 1. The molecule has 0 fully saturated rings. The highest BCUT2D eigenvalue weighted by Gasteiger charge is 2.15. The van der Waals surface area contributed by atoms with Gasteiger partial charge in [-0.2, -0.15) is 0 Å². The lowest BCUT2D eigenvalue weighted by Crippen LogP contribution is -1.94. The van der Waals surface area contributed by atoms with Crippen molar-refractivity contribution < 1.29 is 9.18 Å². The van der Waals surface area contributed by atoms with E-state index in [1.165, 1.54) is 12.1 Å². The Balaban J connectivity index is 2.37. The standard InChI is InChI=1S/C15H9ClFNO/c16-15-13(9-19)12-3-1-2-4-14(12)18(15)11-7-5-10(17)6-8-11/h1-9H. The fourth-order valence-corrected chi connectivity index (χ4v) is 2.52. The van der Waals surface area contributed by atoms with Gasteiger partial charge < -0.3 is 0 Å². The normalized spacial score (nSPS) is 10.8. The van der Waals surface area contributed by atoms with Gasteiger partial charge >= 0.3 is 0 Å². The van der Waals surface area contributed by atoms with Crippen molar-refractivity contribution in [2.45, 2.75) is 0 Å². The molecule has 0 aliphatic carbocycles. The van der Waals surface area contributed by atoms with E-state index >= 15 is 0 Å². The van der Waals surface area contributed by atoms with Gasteiger partial charge in [0.1, 0.15) is 11.0 Å². The Kier molecular flexibility index (Phi) is 2.84. The van der Waals surface area contributed by atoms with Crippen molar-refractivity contribution in [2.24, 2.45) is 0 Å².